The van der Waals surface area contributed by atoms with Gasteiger partial charge in [-0.05, 0) is 30.5 Å². The number of carbonyl (C=O) groups is 2. The summed E-state index contributed by atoms with van der Waals surface area (Å²) >= 11 is 5.85. The van der Waals surface area contributed by atoms with E-state index < -0.39 is 0 Å². The molecule has 0 saturated carbocycles. The summed E-state index contributed by atoms with van der Waals surface area (Å²) in [4.78, 5) is 23.6. The number of benzene rings is 1. The molecule has 0 aliphatic heterocycles. The Morgan fingerprint density at radius 1 is 0.636 bits per heavy atom. The lowest BCUT2D eigenvalue weighted by atomic mass is 10.0. The van der Waals surface area contributed by atoms with E-state index in [-0.39, 0.29) is 24.8 Å². The third-order valence-corrected chi connectivity index (χ3v) is 6.09. The second-order valence-corrected chi connectivity index (χ2v) is 9.35. The number of hydrogen-bond acceptors (Lipinski definition) is 4. The quantitative estimate of drug-likeness (QED) is 0.131. The molecule has 0 amide bonds. The molecule has 0 bridgehead atoms. The molecule has 0 saturated heterocycles. The molecule has 0 radical (unpaired) electrons. The highest BCUT2D eigenvalue weighted by Crippen LogP contribution is 2.13. The van der Waals surface area contributed by atoms with E-state index >= 15 is 0 Å². The van der Waals surface area contributed by atoms with Gasteiger partial charge in [-0.2, -0.15) is 0 Å². The van der Waals surface area contributed by atoms with Crippen LogP contribution in [-0.4, -0.2) is 25.2 Å². The smallest absolute Gasteiger partial charge is 0.305 e. The van der Waals surface area contributed by atoms with Gasteiger partial charge < -0.3 is 9.47 Å². The van der Waals surface area contributed by atoms with Crippen LogP contribution < -0.4 is 0 Å². The first kappa shape index (κ1) is 29.5. The zero-order chi connectivity index (χ0) is 24.0. The van der Waals surface area contributed by atoms with Gasteiger partial charge in [-0.25, -0.2) is 0 Å². The van der Waals surface area contributed by atoms with Gasteiger partial charge in [0.05, 0.1) is 13.2 Å². The van der Waals surface area contributed by atoms with Crippen LogP contribution in [0.3, 0.4) is 0 Å². The topological polar surface area (TPSA) is 52.6 Å². The van der Waals surface area contributed by atoms with Gasteiger partial charge in [0.25, 0.3) is 0 Å². The van der Waals surface area contributed by atoms with Crippen molar-refractivity contribution in [3.63, 3.8) is 0 Å². The average Bonchev–Trinajstić information content (AvgIpc) is 2.80. The summed E-state index contributed by atoms with van der Waals surface area (Å²) in [5.41, 5.74) is 1.07. The van der Waals surface area contributed by atoms with Crippen molar-refractivity contribution >= 4 is 23.5 Å². The van der Waals surface area contributed by atoms with Gasteiger partial charge in [0, 0.05) is 24.3 Å². The Labute approximate surface area is 206 Å². The molecule has 0 aliphatic rings. The summed E-state index contributed by atoms with van der Waals surface area (Å²) in [6, 6.07) is 7.48. The zero-order valence-electron chi connectivity index (χ0n) is 20.8. The average molecular weight is 481 g/mol. The maximum atomic E-state index is 11.8. The fourth-order valence-corrected chi connectivity index (χ4v) is 3.89. The summed E-state index contributed by atoms with van der Waals surface area (Å²) in [5.74, 6) is -0.490. The summed E-state index contributed by atoms with van der Waals surface area (Å²) in [6.45, 7) is 3.09. The Morgan fingerprint density at radius 3 is 1.61 bits per heavy atom. The fraction of sp³-hybridized carbons (Fsp3) is 0.714. The van der Waals surface area contributed by atoms with Gasteiger partial charge in [-0.1, -0.05) is 108 Å². The number of rotatable bonds is 21. The van der Waals surface area contributed by atoms with E-state index in [0.717, 1.165) is 18.4 Å². The summed E-state index contributed by atoms with van der Waals surface area (Å²) < 4.78 is 10.5. The van der Waals surface area contributed by atoms with Crippen molar-refractivity contribution in [1.29, 1.82) is 0 Å². The third-order valence-electron chi connectivity index (χ3n) is 5.84. The molecule has 33 heavy (non-hydrogen) atoms. The van der Waals surface area contributed by atoms with Gasteiger partial charge >= 0.3 is 11.9 Å². The van der Waals surface area contributed by atoms with Crippen LogP contribution in [-0.2, 0) is 25.5 Å². The fourth-order valence-electron chi connectivity index (χ4n) is 3.76. The summed E-state index contributed by atoms with van der Waals surface area (Å²) in [7, 11) is 0. The van der Waals surface area contributed by atoms with E-state index in [0.29, 0.717) is 31.1 Å². The minimum absolute atomic E-state index is 0.220. The van der Waals surface area contributed by atoms with Crippen LogP contribution in [0, 0.1) is 0 Å². The van der Waals surface area contributed by atoms with Gasteiger partial charge in [0.2, 0.25) is 0 Å². The van der Waals surface area contributed by atoms with Crippen LogP contribution in [0.1, 0.15) is 115 Å². The lowest BCUT2D eigenvalue weighted by Crippen LogP contribution is -2.10. The highest BCUT2D eigenvalue weighted by Gasteiger charge is 2.07. The Morgan fingerprint density at radius 2 is 1.09 bits per heavy atom. The molecule has 4 nitrogen and oxygen atoms in total. The van der Waals surface area contributed by atoms with E-state index in [1.807, 2.05) is 24.3 Å². The normalized spacial score (nSPS) is 10.8. The van der Waals surface area contributed by atoms with Crippen LogP contribution in [0.25, 0.3) is 0 Å². The number of ether oxygens (including phenoxy) is 2. The highest BCUT2D eigenvalue weighted by atomic mass is 35.5. The molecule has 5 heteroatoms. The minimum atomic E-state index is -0.270. The standard InChI is InChI=1S/C28H45ClO4/c1-2-3-4-5-6-7-8-9-10-11-12-13-14-23-32-27(30)16-15-17-28(31)33-24-22-25-18-20-26(29)21-19-25/h18-21H,2-17,22-24H2,1H3. The van der Waals surface area contributed by atoms with Crippen LogP contribution in [0.2, 0.25) is 5.02 Å². The molecular weight excluding hydrogens is 436 g/mol. The van der Waals surface area contributed by atoms with E-state index in [1.54, 1.807) is 0 Å². The van der Waals surface area contributed by atoms with Crippen LogP contribution >= 0.6 is 11.6 Å². The van der Waals surface area contributed by atoms with E-state index in [9.17, 15) is 9.59 Å². The van der Waals surface area contributed by atoms with Crippen LogP contribution in [0.5, 0.6) is 0 Å². The van der Waals surface area contributed by atoms with Crippen LogP contribution in [0.15, 0.2) is 24.3 Å². The number of unbranched alkanes of at least 4 members (excludes halogenated alkanes) is 12. The van der Waals surface area contributed by atoms with Crippen LogP contribution in [0.4, 0.5) is 0 Å². The Bertz CT molecular complexity index is 615. The van der Waals surface area contributed by atoms with Crippen molar-refractivity contribution in [3.05, 3.63) is 34.9 Å². The molecule has 1 aromatic rings. The predicted octanol–water partition coefficient (Wildman–Crippen LogP) is 8.23. The summed E-state index contributed by atoms with van der Waals surface area (Å²) in [5, 5.41) is 0.691. The van der Waals surface area contributed by atoms with Crippen molar-refractivity contribution in [3.8, 4) is 0 Å². The molecule has 0 atom stereocenters. The van der Waals surface area contributed by atoms with Gasteiger partial charge in [-0.3, -0.25) is 9.59 Å². The lowest BCUT2D eigenvalue weighted by molar-refractivity contribution is -0.145. The Hall–Kier alpha value is -1.55. The maximum Gasteiger partial charge on any atom is 0.305 e. The monoisotopic (exact) mass is 480 g/mol. The van der Waals surface area contributed by atoms with E-state index in [1.165, 1.54) is 70.6 Å². The molecule has 188 valence electrons. The van der Waals surface area contributed by atoms with Crippen molar-refractivity contribution in [2.45, 2.75) is 116 Å². The van der Waals surface area contributed by atoms with E-state index in [4.69, 9.17) is 21.1 Å². The number of carbonyl (C=O) groups excluding carboxylic acids is 2. The molecule has 1 aromatic carbocycles. The molecule has 0 unspecified atom stereocenters. The molecule has 0 aliphatic carbocycles. The van der Waals surface area contributed by atoms with Crippen molar-refractivity contribution in [2.75, 3.05) is 13.2 Å². The first-order valence-electron chi connectivity index (χ1n) is 13.2. The predicted molar refractivity (Wildman–Crippen MR) is 137 cm³/mol. The third kappa shape index (κ3) is 18.6. The first-order valence-corrected chi connectivity index (χ1v) is 13.5. The van der Waals surface area contributed by atoms with Gasteiger partial charge in [-0.15, -0.1) is 0 Å². The summed E-state index contributed by atoms with van der Waals surface area (Å²) in [6.07, 6.45) is 18.5. The second kappa shape index (κ2) is 21.0. The maximum absolute atomic E-state index is 11.8. The van der Waals surface area contributed by atoms with Crippen molar-refractivity contribution in [2.24, 2.45) is 0 Å². The minimum Gasteiger partial charge on any atom is -0.466 e. The largest absolute Gasteiger partial charge is 0.466 e. The number of esters is 2. The molecule has 0 spiro atoms. The van der Waals surface area contributed by atoms with Crippen molar-refractivity contribution in [1.82, 2.24) is 0 Å². The molecule has 0 aromatic heterocycles. The lowest BCUT2D eigenvalue weighted by Gasteiger charge is -2.06. The van der Waals surface area contributed by atoms with Gasteiger partial charge in [0.1, 0.15) is 0 Å². The Balaban J connectivity index is 1.83. The Kier molecular flexibility index (Phi) is 18.8. The molecule has 0 heterocycles. The number of hydrogen-bond donors (Lipinski definition) is 0. The van der Waals surface area contributed by atoms with Crippen molar-refractivity contribution < 1.29 is 19.1 Å². The second-order valence-electron chi connectivity index (χ2n) is 8.91. The first-order chi connectivity index (χ1) is 16.1. The zero-order valence-corrected chi connectivity index (χ0v) is 21.5. The molecule has 1 rings (SSSR count). The molecule has 0 fully saturated rings. The number of halogens is 1. The molecular formula is C28H45ClO4. The van der Waals surface area contributed by atoms with Gasteiger partial charge in [0.15, 0.2) is 0 Å². The van der Waals surface area contributed by atoms with E-state index in [2.05, 4.69) is 6.92 Å². The highest BCUT2D eigenvalue weighted by molar-refractivity contribution is 6.30. The SMILES string of the molecule is CCCCCCCCCCCCCCCOC(=O)CCCC(=O)OCCc1ccc(Cl)cc1. The molecule has 0 N–H and O–H groups in total.